The van der Waals surface area contributed by atoms with Crippen LogP contribution in [-0.4, -0.2) is 52.2 Å². The lowest BCUT2D eigenvalue weighted by molar-refractivity contribution is -0.143. The van der Waals surface area contributed by atoms with Crippen molar-refractivity contribution in [3.8, 4) is 0 Å². The van der Waals surface area contributed by atoms with Crippen molar-refractivity contribution in [1.82, 2.24) is 19.8 Å². The van der Waals surface area contributed by atoms with Crippen LogP contribution in [0, 0.1) is 0 Å². The zero-order chi connectivity index (χ0) is 22.5. The molecule has 1 saturated heterocycles. The van der Waals surface area contributed by atoms with Gasteiger partial charge in [0.2, 0.25) is 0 Å². The molecule has 0 aliphatic carbocycles. The molecular weight excluding hydrogens is 460 g/mol. The highest BCUT2D eigenvalue weighted by atomic mass is 79.9. The number of nitrogens with one attached hydrogen (secondary N) is 1. The third-order valence-corrected chi connectivity index (χ3v) is 6.17. The van der Waals surface area contributed by atoms with Crippen molar-refractivity contribution >= 4 is 32.8 Å². The maximum atomic E-state index is 13.5. The molecule has 7 nitrogen and oxygen atoms in total. The number of piperazine rings is 1. The third-order valence-electron chi connectivity index (χ3n) is 5.68. The van der Waals surface area contributed by atoms with E-state index in [0.717, 1.165) is 36.2 Å². The Morgan fingerprint density at radius 3 is 2.65 bits per heavy atom. The van der Waals surface area contributed by atoms with E-state index in [2.05, 4.69) is 46.9 Å². The van der Waals surface area contributed by atoms with E-state index in [1.165, 1.54) is 0 Å². The zero-order valence-corrected chi connectivity index (χ0v) is 20.4. The van der Waals surface area contributed by atoms with Crippen molar-refractivity contribution < 1.29 is 9.53 Å². The lowest BCUT2D eigenvalue weighted by Crippen LogP contribution is -2.55. The summed E-state index contributed by atoms with van der Waals surface area (Å²) in [6.45, 7) is 10.7. The first-order valence-corrected chi connectivity index (χ1v) is 12.0. The third kappa shape index (κ3) is 5.73. The first-order valence-electron chi connectivity index (χ1n) is 11.2. The predicted molar refractivity (Wildman–Crippen MR) is 126 cm³/mol. The summed E-state index contributed by atoms with van der Waals surface area (Å²) < 4.78 is 7.63. The fourth-order valence-corrected chi connectivity index (χ4v) is 4.85. The van der Waals surface area contributed by atoms with Crippen LogP contribution in [0.5, 0.6) is 0 Å². The molecule has 1 aromatic heterocycles. The van der Waals surface area contributed by atoms with Crippen molar-refractivity contribution in [1.29, 1.82) is 0 Å². The van der Waals surface area contributed by atoms with Gasteiger partial charge in [0.1, 0.15) is 5.82 Å². The molecule has 0 spiro atoms. The fraction of sp³-hybridized carbons (Fsp3) is 0.609. The second kappa shape index (κ2) is 10.7. The fourth-order valence-electron chi connectivity index (χ4n) is 4.49. The Balaban J connectivity index is 2.10. The van der Waals surface area contributed by atoms with E-state index >= 15 is 0 Å². The summed E-state index contributed by atoms with van der Waals surface area (Å²) in [5.74, 6) is 0.443. The highest BCUT2D eigenvalue weighted by molar-refractivity contribution is 9.10. The highest BCUT2D eigenvalue weighted by Gasteiger charge is 2.31. The molecule has 3 atom stereocenters. The molecule has 8 heteroatoms. The Morgan fingerprint density at radius 2 is 2.00 bits per heavy atom. The van der Waals surface area contributed by atoms with Crippen LogP contribution in [0.3, 0.4) is 0 Å². The van der Waals surface area contributed by atoms with Gasteiger partial charge in [-0.3, -0.25) is 19.1 Å². The van der Waals surface area contributed by atoms with Crippen molar-refractivity contribution in [3.63, 3.8) is 0 Å². The number of esters is 1. The average Bonchev–Trinajstić information content (AvgIpc) is 2.71. The SMILES string of the molecule is CCCC(c1nc2ccc(Br)cc2c(=O)n1CCC(=O)OCC)N1C[C@@H](C)N[C@@H](C)C1. The lowest BCUT2D eigenvalue weighted by atomic mass is 10.0. The number of benzene rings is 1. The average molecular weight is 493 g/mol. The van der Waals surface area contributed by atoms with Crippen LogP contribution in [0.1, 0.15) is 58.8 Å². The van der Waals surface area contributed by atoms with Gasteiger partial charge in [-0.05, 0) is 45.4 Å². The monoisotopic (exact) mass is 492 g/mol. The number of hydrogen-bond acceptors (Lipinski definition) is 6. The molecule has 3 rings (SSSR count). The Morgan fingerprint density at radius 1 is 1.29 bits per heavy atom. The van der Waals surface area contributed by atoms with Crippen LogP contribution in [-0.2, 0) is 16.1 Å². The molecule has 2 heterocycles. The van der Waals surface area contributed by atoms with Gasteiger partial charge in [0.15, 0.2) is 0 Å². The summed E-state index contributed by atoms with van der Waals surface area (Å²) in [6.07, 6.45) is 2.02. The van der Waals surface area contributed by atoms with E-state index in [1.807, 2.05) is 12.1 Å². The van der Waals surface area contributed by atoms with Gasteiger partial charge < -0.3 is 10.1 Å². The highest BCUT2D eigenvalue weighted by Crippen LogP contribution is 2.28. The summed E-state index contributed by atoms with van der Waals surface area (Å²) >= 11 is 3.46. The minimum absolute atomic E-state index is 0.0138. The van der Waals surface area contributed by atoms with Gasteiger partial charge >= 0.3 is 5.97 Å². The Hall–Kier alpha value is -1.77. The van der Waals surface area contributed by atoms with Gasteiger partial charge in [-0.2, -0.15) is 0 Å². The summed E-state index contributed by atoms with van der Waals surface area (Å²) in [4.78, 5) is 33.0. The van der Waals surface area contributed by atoms with Crippen molar-refractivity contribution in [3.05, 3.63) is 38.9 Å². The minimum Gasteiger partial charge on any atom is -0.466 e. The number of halogens is 1. The topological polar surface area (TPSA) is 76.5 Å². The molecule has 31 heavy (non-hydrogen) atoms. The Labute approximate surface area is 192 Å². The number of carbonyl (C=O) groups is 1. The zero-order valence-electron chi connectivity index (χ0n) is 18.9. The van der Waals surface area contributed by atoms with E-state index in [-0.39, 0.29) is 30.5 Å². The van der Waals surface area contributed by atoms with Crippen LogP contribution < -0.4 is 10.9 Å². The van der Waals surface area contributed by atoms with E-state index in [9.17, 15) is 9.59 Å². The molecular formula is C23H33BrN4O3. The second-order valence-electron chi connectivity index (χ2n) is 8.37. The van der Waals surface area contributed by atoms with E-state index in [0.29, 0.717) is 29.6 Å². The van der Waals surface area contributed by atoms with Crippen molar-refractivity contribution in [2.75, 3.05) is 19.7 Å². The van der Waals surface area contributed by atoms with Crippen LogP contribution in [0.25, 0.3) is 10.9 Å². The molecule has 2 aromatic rings. The molecule has 1 aliphatic heterocycles. The first-order chi connectivity index (χ1) is 14.8. The van der Waals surface area contributed by atoms with Crippen molar-refractivity contribution in [2.45, 2.75) is 71.6 Å². The maximum absolute atomic E-state index is 13.5. The largest absolute Gasteiger partial charge is 0.466 e. The summed E-state index contributed by atoms with van der Waals surface area (Å²) in [7, 11) is 0. The molecule has 0 bridgehead atoms. The maximum Gasteiger partial charge on any atom is 0.307 e. The number of carbonyl (C=O) groups excluding carboxylic acids is 1. The molecule has 0 saturated carbocycles. The van der Waals surface area contributed by atoms with Gasteiger partial charge in [-0.25, -0.2) is 4.98 Å². The summed E-state index contributed by atoms with van der Waals surface area (Å²) in [5, 5.41) is 4.13. The molecule has 170 valence electrons. The number of hydrogen-bond donors (Lipinski definition) is 1. The molecule has 1 unspecified atom stereocenters. The number of nitrogens with zero attached hydrogens (tertiary/aromatic N) is 3. The number of ether oxygens (including phenoxy) is 1. The normalized spacial score (nSPS) is 20.7. The smallest absolute Gasteiger partial charge is 0.307 e. The Kier molecular flexibility index (Phi) is 8.24. The summed E-state index contributed by atoms with van der Waals surface area (Å²) in [6, 6.07) is 6.33. The second-order valence-corrected chi connectivity index (χ2v) is 9.29. The van der Waals surface area contributed by atoms with E-state index in [4.69, 9.17) is 9.72 Å². The van der Waals surface area contributed by atoms with Crippen LogP contribution in [0.4, 0.5) is 0 Å². The molecule has 0 amide bonds. The van der Waals surface area contributed by atoms with Crippen LogP contribution in [0.15, 0.2) is 27.5 Å². The van der Waals surface area contributed by atoms with E-state index < -0.39 is 0 Å². The van der Waals surface area contributed by atoms with Crippen LogP contribution in [0.2, 0.25) is 0 Å². The van der Waals surface area contributed by atoms with Gasteiger partial charge in [0, 0.05) is 36.2 Å². The number of aromatic nitrogens is 2. The van der Waals surface area contributed by atoms with Gasteiger partial charge in [0.25, 0.3) is 5.56 Å². The standard InChI is InChI=1S/C23H33BrN4O3/c1-5-7-20(27-13-15(3)25-16(4)14-27)22-26-19-9-8-17(24)12-18(19)23(30)28(22)11-10-21(29)31-6-2/h8-9,12,15-16,20,25H,5-7,10-11,13-14H2,1-4H3/t15-,16+,20?. The molecule has 1 N–H and O–H groups in total. The van der Waals surface area contributed by atoms with Gasteiger partial charge in [0.05, 0.1) is 30.0 Å². The number of fused-ring (bicyclic) bond motifs is 1. The lowest BCUT2D eigenvalue weighted by Gasteiger charge is -2.41. The molecule has 0 radical (unpaired) electrons. The van der Waals surface area contributed by atoms with Crippen molar-refractivity contribution in [2.24, 2.45) is 0 Å². The van der Waals surface area contributed by atoms with Gasteiger partial charge in [-0.15, -0.1) is 0 Å². The molecule has 1 fully saturated rings. The molecule has 1 aliphatic rings. The quantitative estimate of drug-likeness (QED) is 0.566. The first kappa shape index (κ1) is 23.9. The minimum atomic E-state index is -0.300. The number of rotatable bonds is 8. The Bertz CT molecular complexity index is 967. The van der Waals surface area contributed by atoms with E-state index in [1.54, 1.807) is 17.6 Å². The predicted octanol–water partition coefficient (Wildman–Crippen LogP) is 3.64. The summed E-state index contributed by atoms with van der Waals surface area (Å²) in [5.41, 5.74) is 0.579. The van der Waals surface area contributed by atoms with Gasteiger partial charge in [-0.1, -0.05) is 29.3 Å². The molecule has 1 aromatic carbocycles. The van der Waals surface area contributed by atoms with Crippen LogP contribution >= 0.6 is 15.9 Å².